The largest absolute Gasteiger partial charge is 0.265 e. The molecular weight excluding hydrogens is 239 g/mol. The van der Waals surface area contributed by atoms with Crippen molar-refractivity contribution in [1.82, 2.24) is 9.78 Å². The van der Waals surface area contributed by atoms with Gasteiger partial charge in [0.25, 0.3) is 0 Å². The van der Waals surface area contributed by atoms with E-state index < -0.39 is 0 Å². The number of fused-ring (bicyclic) bond motifs is 1. The fourth-order valence-corrected chi connectivity index (χ4v) is 2.24. The van der Waals surface area contributed by atoms with Crippen LogP contribution in [0.25, 0.3) is 10.9 Å². The molecule has 0 atom stereocenters. The van der Waals surface area contributed by atoms with Crippen LogP contribution in [0.3, 0.4) is 0 Å². The van der Waals surface area contributed by atoms with Gasteiger partial charge < -0.3 is 0 Å². The van der Waals surface area contributed by atoms with Gasteiger partial charge in [0.15, 0.2) is 5.82 Å². The van der Waals surface area contributed by atoms with E-state index >= 15 is 0 Å². The molecule has 0 spiro atoms. The minimum Gasteiger partial charge on any atom is -0.265 e. The van der Waals surface area contributed by atoms with Crippen LogP contribution >= 0.6 is 0 Å². The van der Waals surface area contributed by atoms with E-state index in [1.165, 1.54) is 0 Å². The van der Waals surface area contributed by atoms with Gasteiger partial charge in [-0.3, -0.25) is 4.68 Å². The summed E-state index contributed by atoms with van der Waals surface area (Å²) in [5.41, 5.74) is 2.35. The Morgan fingerprint density at radius 3 is 2.11 bits per heavy atom. The number of hydrogen-bond acceptors (Lipinski definition) is 1. The van der Waals surface area contributed by atoms with Gasteiger partial charge in [-0.25, -0.2) is 4.39 Å². The second kappa shape index (κ2) is 6.18. The number of rotatable bonds is 2. The van der Waals surface area contributed by atoms with Crippen LogP contribution < -0.4 is 0 Å². The van der Waals surface area contributed by atoms with Crippen LogP contribution in [0, 0.1) is 5.82 Å². The number of aromatic nitrogens is 2. The molecule has 1 heterocycles. The predicted octanol–water partition coefficient (Wildman–Crippen LogP) is 4.99. The van der Waals surface area contributed by atoms with Crippen LogP contribution in [0.4, 0.5) is 4.39 Å². The average Bonchev–Trinajstić information content (AvgIpc) is 2.70. The Bertz CT molecular complexity index is 553. The van der Waals surface area contributed by atoms with E-state index in [9.17, 15) is 4.39 Å². The maximum atomic E-state index is 14.4. The van der Waals surface area contributed by atoms with Crippen molar-refractivity contribution in [3.8, 4) is 0 Å². The van der Waals surface area contributed by atoms with Gasteiger partial charge in [-0.15, -0.1) is 0 Å². The number of halogens is 1. The lowest BCUT2D eigenvalue weighted by Gasteiger charge is -2.08. The molecule has 1 aromatic heterocycles. The van der Waals surface area contributed by atoms with Crippen LogP contribution in [-0.4, -0.2) is 9.78 Å². The minimum atomic E-state index is -0.126. The molecule has 0 aliphatic rings. The van der Waals surface area contributed by atoms with Crippen LogP contribution in [-0.2, 0) is 7.05 Å². The molecule has 3 heteroatoms. The van der Waals surface area contributed by atoms with Crippen molar-refractivity contribution < 1.29 is 4.39 Å². The number of aryl methyl sites for hydroxylation is 1. The molecule has 0 fully saturated rings. The van der Waals surface area contributed by atoms with E-state index in [4.69, 9.17) is 0 Å². The van der Waals surface area contributed by atoms with E-state index in [0.29, 0.717) is 11.4 Å². The van der Waals surface area contributed by atoms with Gasteiger partial charge in [-0.2, -0.15) is 5.10 Å². The SMILES string of the molecule is CC.CC(C)c1ccc2c(C(C)C)nn(C)c2c1F. The molecule has 2 rings (SSSR count). The van der Waals surface area contributed by atoms with Crippen molar-refractivity contribution >= 4 is 10.9 Å². The first-order valence-electron chi connectivity index (χ1n) is 7.08. The fourth-order valence-electron chi connectivity index (χ4n) is 2.24. The topological polar surface area (TPSA) is 17.8 Å². The average molecular weight is 264 g/mol. The zero-order chi connectivity index (χ0) is 14.7. The van der Waals surface area contributed by atoms with Gasteiger partial charge in [0.1, 0.15) is 5.52 Å². The molecule has 0 amide bonds. The molecule has 0 aliphatic carbocycles. The van der Waals surface area contributed by atoms with Gasteiger partial charge in [0.05, 0.1) is 5.69 Å². The summed E-state index contributed by atoms with van der Waals surface area (Å²) < 4.78 is 16.1. The highest BCUT2D eigenvalue weighted by Gasteiger charge is 2.18. The third kappa shape index (κ3) is 2.80. The molecule has 0 saturated carbocycles. The first-order valence-corrected chi connectivity index (χ1v) is 7.08. The Kier molecular flexibility index (Phi) is 5.10. The van der Waals surface area contributed by atoms with E-state index in [1.54, 1.807) is 11.7 Å². The summed E-state index contributed by atoms with van der Waals surface area (Å²) in [5.74, 6) is 0.374. The summed E-state index contributed by atoms with van der Waals surface area (Å²) in [7, 11) is 1.81. The summed E-state index contributed by atoms with van der Waals surface area (Å²) in [6.45, 7) is 12.2. The smallest absolute Gasteiger partial charge is 0.152 e. The summed E-state index contributed by atoms with van der Waals surface area (Å²) in [6.07, 6.45) is 0. The van der Waals surface area contributed by atoms with Gasteiger partial charge in [0, 0.05) is 12.4 Å². The first kappa shape index (κ1) is 15.7. The maximum absolute atomic E-state index is 14.4. The summed E-state index contributed by atoms with van der Waals surface area (Å²) >= 11 is 0. The second-order valence-corrected chi connectivity index (χ2v) is 5.18. The van der Waals surface area contributed by atoms with E-state index in [-0.39, 0.29) is 11.7 Å². The molecule has 106 valence electrons. The predicted molar refractivity (Wildman–Crippen MR) is 80.2 cm³/mol. The number of benzene rings is 1. The minimum absolute atomic E-state index is 0.126. The van der Waals surface area contributed by atoms with Gasteiger partial charge in [-0.05, 0) is 17.4 Å². The lowest BCUT2D eigenvalue weighted by molar-refractivity contribution is 0.597. The van der Waals surface area contributed by atoms with Crippen molar-refractivity contribution in [2.45, 2.75) is 53.4 Å². The molecule has 0 unspecified atom stereocenters. The standard InChI is InChI=1S/C14H19FN2.C2H6/c1-8(2)10-6-7-11-13(9(3)4)16-17(5)14(11)12(10)15;1-2/h6-9H,1-5H3;1-2H3. The van der Waals surface area contributed by atoms with Crippen molar-refractivity contribution in [2.75, 3.05) is 0 Å². The quantitative estimate of drug-likeness (QED) is 0.747. The van der Waals surface area contributed by atoms with Crippen LogP contribution in [0.5, 0.6) is 0 Å². The normalized spacial score (nSPS) is 11.1. The molecule has 2 nitrogen and oxygen atoms in total. The summed E-state index contributed by atoms with van der Waals surface area (Å²) in [4.78, 5) is 0. The van der Waals surface area contributed by atoms with Crippen LogP contribution in [0.1, 0.15) is 64.6 Å². The number of hydrogen-bond donors (Lipinski definition) is 0. The highest BCUT2D eigenvalue weighted by molar-refractivity contribution is 5.84. The number of nitrogens with zero attached hydrogens (tertiary/aromatic N) is 2. The third-order valence-electron chi connectivity index (χ3n) is 3.17. The molecule has 0 N–H and O–H groups in total. The maximum Gasteiger partial charge on any atom is 0.152 e. The van der Waals surface area contributed by atoms with Gasteiger partial charge >= 0.3 is 0 Å². The van der Waals surface area contributed by atoms with E-state index in [1.807, 2.05) is 39.8 Å². The Hall–Kier alpha value is -1.38. The highest BCUT2D eigenvalue weighted by atomic mass is 19.1. The molecule has 0 saturated heterocycles. The molecule has 0 radical (unpaired) electrons. The second-order valence-electron chi connectivity index (χ2n) is 5.18. The van der Waals surface area contributed by atoms with Crippen molar-refractivity contribution in [3.63, 3.8) is 0 Å². The summed E-state index contributed by atoms with van der Waals surface area (Å²) in [6, 6.07) is 3.88. The van der Waals surface area contributed by atoms with Crippen LogP contribution in [0.15, 0.2) is 12.1 Å². The lowest BCUT2D eigenvalue weighted by atomic mass is 9.99. The Morgan fingerprint density at radius 1 is 1.05 bits per heavy atom. The monoisotopic (exact) mass is 264 g/mol. The van der Waals surface area contributed by atoms with Crippen molar-refractivity contribution in [1.29, 1.82) is 0 Å². The molecule has 1 aromatic carbocycles. The molecule has 19 heavy (non-hydrogen) atoms. The van der Waals surface area contributed by atoms with E-state index in [2.05, 4.69) is 18.9 Å². The van der Waals surface area contributed by atoms with Gasteiger partial charge in [-0.1, -0.05) is 53.7 Å². The van der Waals surface area contributed by atoms with E-state index in [0.717, 1.165) is 16.6 Å². The van der Waals surface area contributed by atoms with Gasteiger partial charge in [0.2, 0.25) is 0 Å². The Labute approximate surface area is 115 Å². The van der Waals surface area contributed by atoms with Crippen molar-refractivity contribution in [2.24, 2.45) is 7.05 Å². The zero-order valence-corrected chi connectivity index (χ0v) is 13.1. The third-order valence-corrected chi connectivity index (χ3v) is 3.17. The van der Waals surface area contributed by atoms with Crippen molar-refractivity contribution in [3.05, 3.63) is 29.2 Å². The first-order chi connectivity index (χ1) is 8.93. The zero-order valence-electron chi connectivity index (χ0n) is 13.1. The molecule has 0 bridgehead atoms. The Morgan fingerprint density at radius 2 is 1.63 bits per heavy atom. The molecule has 2 aromatic rings. The lowest BCUT2D eigenvalue weighted by Crippen LogP contribution is -1.98. The highest BCUT2D eigenvalue weighted by Crippen LogP contribution is 2.30. The summed E-state index contributed by atoms with van der Waals surface area (Å²) in [5, 5.41) is 5.36. The molecule has 0 aliphatic heterocycles. The Balaban J connectivity index is 0.000000861. The van der Waals surface area contributed by atoms with Crippen LogP contribution in [0.2, 0.25) is 0 Å². The fraction of sp³-hybridized carbons (Fsp3) is 0.562. The molecular formula is C16H25FN2.